The molecule has 4 aromatic carbocycles. The SMILES string of the molecule is CC(Cc1cc(C#N)c2c(c1)CCN2CCCOC(=O)c1ccccc1)[N+](=O)[O-].CC(N)Cc1cc(C#N)c2c(c1)CCN2CCCOC(=O)c1ccccc1.O.O.[Pd]. The normalized spacial score (nSPS) is 12.9. The van der Waals surface area contributed by atoms with Crippen LogP contribution in [0.3, 0.4) is 0 Å². The average molecular weight is 899 g/mol. The maximum absolute atomic E-state index is 12.0. The van der Waals surface area contributed by atoms with E-state index in [1.165, 1.54) is 5.56 Å². The number of benzene rings is 4. The Morgan fingerprint density at radius 2 is 1.15 bits per heavy atom. The van der Waals surface area contributed by atoms with E-state index in [0.29, 0.717) is 54.9 Å². The Morgan fingerprint density at radius 3 is 1.53 bits per heavy atom. The first-order chi connectivity index (χ1) is 27.1. The molecule has 0 saturated carbocycles. The van der Waals surface area contributed by atoms with Gasteiger partial charge >= 0.3 is 11.9 Å². The van der Waals surface area contributed by atoms with Crippen LogP contribution >= 0.6 is 0 Å². The third kappa shape index (κ3) is 13.7. The van der Waals surface area contributed by atoms with Gasteiger partial charge in [-0.25, -0.2) is 9.59 Å². The molecule has 6 rings (SSSR count). The smallest absolute Gasteiger partial charge is 0.338 e. The van der Waals surface area contributed by atoms with Gasteiger partial charge in [0.1, 0.15) is 12.1 Å². The van der Waals surface area contributed by atoms with E-state index in [0.717, 1.165) is 73.4 Å². The molecule has 6 N–H and O–H groups in total. The van der Waals surface area contributed by atoms with Gasteiger partial charge in [0, 0.05) is 70.9 Å². The summed E-state index contributed by atoms with van der Waals surface area (Å²) in [6, 6.07) is 29.7. The van der Waals surface area contributed by atoms with E-state index in [1.807, 2.05) is 43.3 Å². The summed E-state index contributed by atoms with van der Waals surface area (Å²) in [5.74, 6) is -0.634. The van der Waals surface area contributed by atoms with Crippen LogP contribution in [-0.2, 0) is 55.6 Å². The molecule has 0 spiro atoms. The Bertz CT molecular complexity index is 2090. The number of nitro groups is 1. The first-order valence-corrected chi connectivity index (χ1v) is 19.0. The molecule has 15 heteroatoms. The van der Waals surface area contributed by atoms with Crippen LogP contribution < -0.4 is 15.5 Å². The van der Waals surface area contributed by atoms with Crippen molar-refractivity contribution >= 4 is 23.3 Å². The van der Waals surface area contributed by atoms with Crippen LogP contribution in [0.25, 0.3) is 0 Å². The summed E-state index contributed by atoms with van der Waals surface area (Å²) in [4.78, 5) is 38.9. The number of fused-ring (bicyclic) bond motifs is 2. The summed E-state index contributed by atoms with van der Waals surface area (Å²) < 4.78 is 10.7. The summed E-state index contributed by atoms with van der Waals surface area (Å²) in [6.45, 7) is 7.32. The largest absolute Gasteiger partial charge is 0.462 e. The zero-order valence-corrected chi connectivity index (χ0v) is 34.9. The van der Waals surface area contributed by atoms with Crippen LogP contribution in [0.15, 0.2) is 84.9 Å². The molecule has 2 unspecified atom stereocenters. The van der Waals surface area contributed by atoms with Crippen LogP contribution in [0, 0.1) is 32.8 Å². The van der Waals surface area contributed by atoms with Crippen molar-refractivity contribution in [3.63, 3.8) is 0 Å². The van der Waals surface area contributed by atoms with Crippen molar-refractivity contribution < 1.29 is 55.4 Å². The average Bonchev–Trinajstić information content (AvgIpc) is 3.81. The summed E-state index contributed by atoms with van der Waals surface area (Å²) in [5, 5.41) is 30.1. The molecule has 14 nitrogen and oxygen atoms in total. The minimum absolute atomic E-state index is 0. The quantitative estimate of drug-likeness (QED) is 0.0560. The number of esters is 2. The number of hydrogen-bond donors (Lipinski definition) is 1. The van der Waals surface area contributed by atoms with Crippen molar-refractivity contribution in [3.8, 4) is 12.1 Å². The van der Waals surface area contributed by atoms with Crippen LogP contribution in [0.4, 0.5) is 11.4 Å². The first-order valence-electron chi connectivity index (χ1n) is 19.0. The molecule has 0 radical (unpaired) electrons. The van der Waals surface area contributed by atoms with Crippen LogP contribution in [-0.4, -0.2) is 79.3 Å². The number of carbonyl (C=O) groups excluding carboxylic acids is 2. The van der Waals surface area contributed by atoms with E-state index in [1.54, 1.807) is 49.4 Å². The number of ether oxygens (including phenoxy) is 2. The minimum atomic E-state index is -0.684. The first kappa shape index (κ1) is 49.5. The fourth-order valence-electron chi connectivity index (χ4n) is 7.18. The number of rotatable bonds is 15. The molecule has 2 aliphatic heterocycles. The number of carbonyl (C=O) groups is 2. The van der Waals surface area contributed by atoms with Gasteiger partial charge in [0.25, 0.3) is 0 Å². The zero-order chi connectivity index (χ0) is 40.0. The van der Waals surface area contributed by atoms with Crippen molar-refractivity contribution in [2.75, 3.05) is 49.2 Å². The van der Waals surface area contributed by atoms with Crippen LogP contribution in [0.2, 0.25) is 0 Å². The molecule has 59 heavy (non-hydrogen) atoms. The maximum Gasteiger partial charge on any atom is 0.338 e. The third-order valence-corrected chi connectivity index (χ3v) is 9.75. The van der Waals surface area contributed by atoms with Gasteiger partial charge in [0.15, 0.2) is 0 Å². The van der Waals surface area contributed by atoms with Gasteiger partial charge in [-0.1, -0.05) is 48.5 Å². The molecule has 2 heterocycles. The maximum atomic E-state index is 12.0. The minimum Gasteiger partial charge on any atom is -0.462 e. The molecule has 0 aromatic heterocycles. The third-order valence-electron chi connectivity index (χ3n) is 9.75. The van der Waals surface area contributed by atoms with E-state index < -0.39 is 6.04 Å². The van der Waals surface area contributed by atoms with Gasteiger partial charge in [-0.05, 0) is 97.7 Å². The number of nitrogens with zero attached hydrogens (tertiary/aromatic N) is 5. The monoisotopic (exact) mass is 898 g/mol. The Balaban J connectivity index is 0.000000388. The fourth-order valence-corrected chi connectivity index (χ4v) is 7.18. The van der Waals surface area contributed by atoms with Gasteiger partial charge in [0.2, 0.25) is 6.04 Å². The number of anilines is 2. The molecule has 2 atom stereocenters. The van der Waals surface area contributed by atoms with Gasteiger partial charge < -0.3 is 36.0 Å². The summed E-state index contributed by atoms with van der Waals surface area (Å²) in [6.07, 6.45) is 4.20. The number of hydrogen-bond acceptors (Lipinski definition) is 11. The Hall–Kier alpha value is -5.66. The number of nitrogens with two attached hydrogens (primary N) is 1. The molecule has 2 aliphatic rings. The fraction of sp³-hybridized carbons (Fsp3) is 0.364. The molecule has 0 aliphatic carbocycles. The Labute approximate surface area is 358 Å². The molecule has 0 saturated heterocycles. The molecule has 0 amide bonds. The van der Waals surface area contributed by atoms with E-state index in [4.69, 9.17) is 15.2 Å². The second kappa shape index (κ2) is 24.3. The molecule has 0 fully saturated rings. The van der Waals surface area contributed by atoms with E-state index in [-0.39, 0.29) is 54.3 Å². The second-order valence-corrected chi connectivity index (χ2v) is 14.2. The number of nitriles is 2. The standard InChI is InChI=1S/C22H23N3O4.C22H25N3O2.2H2O.Pd/c1-16(25(27)28)12-17-13-19-8-10-24(21(19)20(14-17)15-23)9-5-11-29-22(26)18-6-3-2-4-7-18;1-16(24)12-17-13-19-8-10-25(21(19)20(14-17)15-23)9-5-11-27-22(26)18-6-3-2-4-7-18;;;/h2-4,6-7,13-14,16H,5,8-12H2,1H3;2-4,6-7,13-14,16H,5,8-12,24H2,1H3;2*1H2;. The Morgan fingerprint density at radius 1 is 0.746 bits per heavy atom. The van der Waals surface area contributed by atoms with Crippen LogP contribution in [0.1, 0.15) is 80.8 Å². The summed E-state index contributed by atoms with van der Waals surface area (Å²) in [5.41, 5.74) is 14.4. The van der Waals surface area contributed by atoms with Gasteiger partial charge in [-0.3, -0.25) is 10.1 Å². The van der Waals surface area contributed by atoms with Gasteiger partial charge in [-0.2, -0.15) is 10.5 Å². The summed E-state index contributed by atoms with van der Waals surface area (Å²) in [7, 11) is 0. The Kier molecular flexibility index (Phi) is 20.4. The predicted molar refractivity (Wildman–Crippen MR) is 222 cm³/mol. The van der Waals surface area contributed by atoms with Gasteiger partial charge in [-0.15, -0.1) is 0 Å². The van der Waals surface area contributed by atoms with E-state index in [2.05, 4.69) is 28.0 Å². The van der Waals surface area contributed by atoms with E-state index >= 15 is 0 Å². The van der Waals surface area contributed by atoms with Crippen molar-refractivity contribution in [2.24, 2.45) is 5.73 Å². The molecule has 4 aromatic rings. The molecule has 316 valence electrons. The van der Waals surface area contributed by atoms with E-state index in [9.17, 15) is 30.2 Å². The van der Waals surface area contributed by atoms with Crippen molar-refractivity contribution in [2.45, 2.75) is 64.5 Å². The second-order valence-electron chi connectivity index (χ2n) is 14.2. The predicted octanol–water partition coefficient (Wildman–Crippen LogP) is 4.78. The topological polar surface area (TPSA) is 239 Å². The van der Waals surface area contributed by atoms with Crippen molar-refractivity contribution in [1.82, 2.24) is 0 Å². The molecule has 0 bridgehead atoms. The zero-order valence-electron chi connectivity index (χ0n) is 33.3. The van der Waals surface area contributed by atoms with Crippen LogP contribution in [0.5, 0.6) is 0 Å². The molecular weight excluding hydrogens is 847 g/mol. The van der Waals surface area contributed by atoms with Crippen molar-refractivity contribution in [3.05, 3.63) is 140 Å². The van der Waals surface area contributed by atoms with Gasteiger partial charge in [0.05, 0.1) is 46.8 Å². The van der Waals surface area contributed by atoms with Crippen molar-refractivity contribution in [1.29, 1.82) is 10.5 Å². The summed E-state index contributed by atoms with van der Waals surface area (Å²) >= 11 is 0. The molecular formula is C44H52N6O8Pd.